The normalized spacial score (nSPS) is 14.4. The molecule has 0 aromatic carbocycles. The van der Waals surface area contributed by atoms with Crippen molar-refractivity contribution >= 4 is 15.7 Å². The van der Waals surface area contributed by atoms with E-state index in [1.165, 1.54) is 6.26 Å². The second kappa shape index (κ2) is 6.35. The quantitative estimate of drug-likeness (QED) is 0.694. The SMILES string of the molecule is CCCNC(=O)C(C)NCC(C)(C)S(C)(=O)=O. The van der Waals surface area contributed by atoms with Crippen LogP contribution in [0.4, 0.5) is 0 Å². The molecule has 1 atom stereocenters. The van der Waals surface area contributed by atoms with Gasteiger partial charge in [-0.2, -0.15) is 0 Å². The van der Waals surface area contributed by atoms with E-state index in [1.807, 2.05) is 6.92 Å². The average Bonchev–Trinajstić information content (AvgIpc) is 2.20. The molecule has 0 bridgehead atoms. The van der Waals surface area contributed by atoms with Gasteiger partial charge in [-0.25, -0.2) is 8.42 Å². The number of carbonyl (C=O) groups is 1. The van der Waals surface area contributed by atoms with E-state index in [0.717, 1.165) is 6.42 Å². The van der Waals surface area contributed by atoms with Gasteiger partial charge in [0.15, 0.2) is 9.84 Å². The first-order chi connectivity index (χ1) is 7.62. The molecule has 0 radical (unpaired) electrons. The van der Waals surface area contributed by atoms with Crippen molar-refractivity contribution in [1.82, 2.24) is 10.6 Å². The second-order valence-corrected chi connectivity index (χ2v) is 7.57. The Labute approximate surface area is 104 Å². The van der Waals surface area contributed by atoms with Crippen LogP contribution in [-0.4, -0.2) is 44.5 Å². The third-order valence-electron chi connectivity index (χ3n) is 2.78. The summed E-state index contributed by atoms with van der Waals surface area (Å²) in [4.78, 5) is 11.5. The van der Waals surface area contributed by atoms with Crippen molar-refractivity contribution in [2.24, 2.45) is 0 Å². The maximum absolute atomic E-state index is 11.5. The van der Waals surface area contributed by atoms with Crippen molar-refractivity contribution in [1.29, 1.82) is 0 Å². The number of hydrogen-bond acceptors (Lipinski definition) is 4. The molecule has 0 aliphatic rings. The van der Waals surface area contributed by atoms with Gasteiger partial charge in [-0.3, -0.25) is 4.79 Å². The molecule has 1 amide bonds. The molecule has 0 aromatic rings. The van der Waals surface area contributed by atoms with Gasteiger partial charge in [-0.1, -0.05) is 6.92 Å². The Hall–Kier alpha value is -0.620. The summed E-state index contributed by atoms with van der Waals surface area (Å²) in [6.45, 7) is 7.89. The fourth-order valence-corrected chi connectivity index (χ4v) is 1.37. The van der Waals surface area contributed by atoms with Gasteiger partial charge in [-0.15, -0.1) is 0 Å². The third-order valence-corrected chi connectivity index (χ3v) is 4.93. The lowest BCUT2D eigenvalue weighted by atomic mass is 10.2. The van der Waals surface area contributed by atoms with Crippen LogP contribution in [-0.2, 0) is 14.6 Å². The summed E-state index contributed by atoms with van der Waals surface area (Å²) in [7, 11) is -3.13. The van der Waals surface area contributed by atoms with Gasteiger partial charge in [0.05, 0.1) is 10.8 Å². The molecule has 17 heavy (non-hydrogen) atoms. The second-order valence-electron chi connectivity index (χ2n) is 4.93. The topological polar surface area (TPSA) is 75.3 Å². The van der Waals surface area contributed by atoms with E-state index in [1.54, 1.807) is 20.8 Å². The zero-order chi connectivity index (χ0) is 13.7. The molecular formula is C11H24N2O3S. The molecular weight excluding hydrogens is 240 g/mol. The van der Waals surface area contributed by atoms with Crippen LogP contribution in [0.3, 0.4) is 0 Å². The van der Waals surface area contributed by atoms with E-state index in [4.69, 9.17) is 0 Å². The zero-order valence-corrected chi connectivity index (χ0v) is 12.1. The molecule has 0 fully saturated rings. The van der Waals surface area contributed by atoms with Crippen molar-refractivity contribution in [3.05, 3.63) is 0 Å². The molecule has 0 heterocycles. The highest BCUT2D eigenvalue weighted by atomic mass is 32.2. The Balaban J connectivity index is 4.25. The van der Waals surface area contributed by atoms with Crippen molar-refractivity contribution in [3.63, 3.8) is 0 Å². The number of sulfone groups is 1. The lowest BCUT2D eigenvalue weighted by Gasteiger charge is -2.25. The van der Waals surface area contributed by atoms with Gasteiger partial charge >= 0.3 is 0 Å². The van der Waals surface area contributed by atoms with Crippen LogP contribution in [0, 0.1) is 0 Å². The molecule has 6 heteroatoms. The summed E-state index contributed by atoms with van der Waals surface area (Å²) in [5, 5.41) is 5.70. The van der Waals surface area contributed by atoms with Gasteiger partial charge < -0.3 is 10.6 Å². The van der Waals surface area contributed by atoms with E-state index < -0.39 is 14.6 Å². The maximum atomic E-state index is 11.5. The van der Waals surface area contributed by atoms with Crippen LogP contribution in [0.2, 0.25) is 0 Å². The molecule has 0 spiro atoms. The molecule has 0 aliphatic carbocycles. The Morgan fingerprint density at radius 2 is 1.88 bits per heavy atom. The van der Waals surface area contributed by atoms with Crippen molar-refractivity contribution in [2.45, 2.75) is 44.9 Å². The van der Waals surface area contributed by atoms with Crippen molar-refractivity contribution in [3.8, 4) is 0 Å². The minimum absolute atomic E-state index is 0.101. The first-order valence-electron chi connectivity index (χ1n) is 5.82. The number of rotatable bonds is 7. The summed E-state index contributed by atoms with van der Waals surface area (Å²) in [5.41, 5.74) is 0. The summed E-state index contributed by atoms with van der Waals surface area (Å²) in [6, 6.07) is -0.387. The highest BCUT2D eigenvalue weighted by Gasteiger charge is 2.30. The molecule has 102 valence electrons. The molecule has 0 saturated heterocycles. The third kappa shape index (κ3) is 5.50. The first kappa shape index (κ1) is 16.4. The Bertz CT molecular complexity index is 350. The summed E-state index contributed by atoms with van der Waals surface area (Å²) >= 11 is 0. The molecule has 0 rings (SSSR count). The summed E-state index contributed by atoms with van der Waals surface area (Å²) in [5.74, 6) is -0.101. The lowest BCUT2D eigenvalue weighted by Crippen LogP contribution is -2.49. The van der Waals surface area contributed by atoms with Gasteiger partial charge in [-0.05, 0) is 27.2 Å². The van der Waals surface area contributed by atoms with Crippen LogP contribution >= 0.6 is 0 Å². The highest BCUT2D eigenvalue weighted by molar-refractivity contribution is 7.92. The smallest absolute Gasteiger partial charge is 0.236 e. The van der Waals surface area contributed by atoms with E-state index in [0.29, 0.717) is 6.54 Å². The number of amides is 1. The Morgan fingerprint density at radius 1 is 1.35 bits per heavy atom. The minimum atomic E-state index is -3.13. The van der Waals surface area contributed by atoms with Gasteiger partial charge in [0.2, 0.25) is 5.91 Å². The van der Waals surface area contributed by atoms with E-state index in [2.05, 4.69) is 10.6 Å². The maximum Gasteiger partial charge on any atom is 0.236 e. The largest absolute Gasteiger partial charge is 0.355 e. The fraction of sp³-hybridized carbons (Fsp3) is 0.909. The number of hydrogen-bond donors (Lipinski definition) is 2. The van der Waals surface area contributed by atoms with E-state index in [9.17, 15) is 13.2 Å². The summed E-state index contributed by atoms with van der Waals surface area (Å²) in [6.07, 6.45) is 2.09. The van der Waals surface area contributed by atoms with Crippen LogP contribution < -0.4 is 10.6 Å². The van der Waals surface area contributed by atoms with E-state index >= 15 is 0 Å². The fourth-order valence-electron chi connectivity index (χ4n) is 1.02. The van der Waals surface area contributed by atoms with Gasteiger partial charge in [0.25, 0.3) is 0 Å². The minimum Gasteiger partial charge on any atom is -0.355 e. The van der Waals surface area contributed by atoms with Crippen LogP contribution in [0.5, 0.6) is 0 Å². The van der Waals surface area contributed by atoms with Crippen molar-refractivity contribution in [2.75, 3.05) is 19.3 Å². The molecule has 0 saturated carbocycles. The van der Waals surface area contributed by atoms with Crippen molar-refractivity contribution < 1.29 is 13.2 Å². The number of nitrogens with one attached hydrogen (secondary N) is 2. The highest BCUT2D eigenvalue weighted by Crippen LogP contribution is 2.13. The Morgan fingerprint density at radius 3 is 2.29 bits per heavy atom. The standard InChI is InChI=1S/C11H24N2O3S/c1-6-7-12-10(14)9(2)13-8-11(3,4)17(5,15)16/h9,13H,6-8H2,1-5H3,(H,12,14). The molecule has 2 N–H and O–H groups in total. The summed E-state index contributed by atoms with van der Waals surface area (Å²) < 4.78 is 22.1. The van der Waals surface area contributed by atoms with Crippen LogP contribution in [0.15, 0.2) is 0 Å². The van der Waals surface area contributed by atoms with Gasteiger partial charge in [0, 0.05) is 19.3 Å². The molecule has 0 aromatic heterocycles. The number of carbonyl (C=O) groups excluding carboxylic acids is 1. The predicted octanol–water partition coefficient (Wildman–Crippen LogP) is 0.314. The van der Waals surface area contributed by atoms with Gasteiger partial charge in [0.1, 0.15) is 0 Å². The van der Waals surface area contributed by atoms with Crippen LogP contribution in [0.25, 0.3) is 0 Å². The first-order valence-corrected chi connectivity index (χ1v) is 7.71. The molecule has 1 unspecified atom stereocenters. The Kier molecular flexibility index (Phi) is 6.12. The monoisotopic (exact) mass is 264 g/mol. The average molecular weight is 264 g/mol. The lowest BCUT2D eigenvalue weighted by molar-refractivity contribution is -0.122. The van der Waals surface area contributed by atoms with E-state index in [-0.39, 0.29) is 18.5 Å². The zero-order valence-electron chi connectivity index (χ0n) is 11.3. The predicted molar refractivity (Wildman–Crippen MR) is 69.7 cm³/mol. The molecule has 5 nitrogen and oxygen atoms in total. The van der Waals surface area contributed by atoms with Crippen LogP contribution in [0.1, 0.15) is 34.1 Å². The molecule has 0 aliphatic heterocycles.